The second-order valence-electron chi connectivity index (χ2n) is 16.1. The van der Waals surface area contributed by atoms with Crippen molar-refractivity contribution in [2.75, 3.05) is 13.1 Å². The van der Waals surface area contributed by atoms with Crippen molar-refractivity contribution in [1.29, 1.82) is 0 Å². The molecule has 14 heteroatoms. The maximum Gasteiger partial charge on any atom is 0.389 e. The van der Waals surface area contributed by atoms with E-state index < -0.39 is 78.1 Å². The van der Waals surface area contributed by atoms with E-state index in [-0.39, 0.29) is 49.0 Å². The van der Waals surface area contributed by atoms with Gasteiger partial charge in [0.1, 0.15) is 12.1 Å². The van der Waals surface area contributed by atoms with E-state index in [2.05, 4.69) is 34.4 Å². The Hall–Kier alpha value is -3.71. The number of hydrogen-bond acceptors (Lipinski definition) is 6. The van der Waals surface area contributed by atoms with Gasteiger partial charge in [0.15, 0.2) is 5.78 Å². The van der Waals surface area contributed by atoms with Crippen LogP contribution in [0.15, 0.2) is 25.3 Å². The van der Waals surface area contributed by atoms with Gasteiger partial charge in [-0.15, -0.1) is 13.2 Å². The predicted molar refractivity (Wildman–Crippen MR) is 193 cm³/mol. The SMILES string of the molecule is C=CCNC(=O)C(=O)C(CCC(F)(F)F)NC(=O)[C@@H]1C[C@@H](C(C)(C)C=C)CN1C(=O)[C@@H](NC(=O)N[C@H](C(=O)C1CC1)C1CCCCC1)C1CCCCC1. The Morgan fingerprint density at radius 2 is 1.38 bits per heavy atom. The molecule has 1 unspecified atom stereocenters. The number of nitrogens with zero attached hydrogens (tertiary/aromatic N) is 1. The Balaban J connectivity index is 1.60. The van der Waals surface area contributed by atoms with Crippen molar-refractivity contribution in [2.24, 2.45) is 29.1 Å². The summed E-state index contributed by atoms with van der Waals surface area (Å²) in [4.78, 5) is 82.9. The van der Waals surface area contributed by atoms with Crippen molar-refractivity contribution < 1.29 is 41.9 Å². The zero-order valence-electron chi connectivity index (χ0n) is 31.2. The highest BCUT2D eigenvalue weighted by atomic mass is 19.4. The minimum atomic E-state index is -4.66. The Bertz CT molecular complexity index is 1370. The summed E-state index contributed by atoms with van der Waals surface area (Å²) in [6.07, 6.45) is 6.47. The second kappa shape index (κ2) is 18.6. The topological polar surface area (TPSA) is 154 Å². The highest BCUT2D eigenvalue weighted by Gasteiger charge is 2.48. The van der Waals surface area contributed by atoms with E-state index in [4.69, 9.17) is 0 Å². The number of likely N-dealkylation sites (tertiary alicyclic amines) is 1. The van der Waals surface area contributed by atoms with Crippen LogP contribution in [0.4, 0.5) is 18.0 Å². The molecule has 4 aliphatic rings. The normalized spacial score (nSPS) is 23.2. The summed E-state index contributed by atoms with van der Waals surface area (Å²) in [7, 11) is 0. The fourth-order valence-corrected chi connectivity index (χ4v) is 8.15. The number of allylic oxidation sites excluding steroid dienone is 1. The standard InChI is InChI=1S/C39H58F3N5O6/c1-5-21-43-35(51)33(49)28(19-20-39(40,41)42)44-34(50)29-22-27(38(3,4)6-2)23-47(29)36(52)31(25-15-11-8-12-16-25)46-37(53)45-30(32(48)26-17-18-26)24-13-9-7-10-14-24/h5-6,24-31H,1-2,7-23H2,3-4H3,(H,43,51)(H,44,50)(H2,45,46,53)/t27-,28?,29+,30+,31+/m1/s1. The minimum absolute atomic E-state index is 0.0202. The molecule has 0 aromatic heterocycles. The minimum Gasteiger partial charge on any atom is -0.346 e. The molecule has 0 spiro atoms. The van der Waals surface area contributed by atoms with Crippen molar-refractivity contribution in [3.63, 3.8) is 0 Å². The molecule has 1 heterocycles. The van der Waals surface area contributed by atoms with Gasteiger partial charge in [0.2, 0.25) is 17.6 Å². The molecule has 0 radical (unpaired) electrons. The Morgan fingerprint density at radius 3 is 1.91 bits per heavy atom. The smallest absolute Gasteiger partial charge is 0.346 e. The molecule has 296 valence electrons. The summed E-state index contributed by atoms with van der Waals surface area (Å²) >= 11 is 0. The number of rotatable bonds is 17. The van der Waals surface area contributed by atoms with Crippen LogP contribution in [-0.4, -0.2) is 83.7 Å². The first-order valence-corrected chi connectivity index (χ1v) is 19.4. The predicted octanol–water partition coefficient (Wildman–Crippen LogP) is 5.29. The van der Waals surface area contributed by atoms with Gasteiger partial charge in [0.05, 0.1) is 12.1 Å². The first-order chi connectivity index (χ1) is 25.1. The van der Waals surface area contributed by atoms with Crippen molar-refractivity contribution in [2.45, 2.75) is 141 Å². The third-order valence-electron chi connectivity index (χ3n) is 11.8. The van der Waals surface area contributed by atoms with Gasteiger partial charge in [-0.05, 0) is 74.5 Å². The Kier molecular flexibility index (Phi) is 14.7. The summed E-state index contributed by atoms with van der Waals surface area (Å²) in [6.45, 7) is 11.2. The van der Waals surface area contributed by atoms with Crippen molar-refractivity contribution >= 4 is 35.3 Å². The van der Waals surface area contributed by atoms with Crippen LogP contribution in [0.25, 0.3) is 0 Å². The number of carbonyl (C=O) groups excluding carboxylic acids is 6. The first-order valence-electron chi connectivity index (χ1n) is 19.4. The van der Waals surface area contributed by atoms with Gasteiger partial charge < -0.3 is 26.2 Å². The number of amides is 5. The zero-order valence-corrected chi connectivity index (χ0v) is 31.2. The van der Waals surface area contributed by atoms with Crippen LogP contribution in [0.2, 0.25) is 0 Å². The van der Waals surface area contributed by atoms with Gasteiger partial charge in [-0.1, -0.05) is 64.5 Å². The van der Waals surface area contributed by atoms with E-state index in [1.807, 2.05) is 13.8 Å². The lowest BCUT2D eigenvalue weighted by Gasteiger charge is -2.36. The number of nitrogens with one attached hydrogen (secondary N) is 4. The fourth-order valence-electron chi connectivity index (χ4n) is 8.15. The Morgan fingerprint density at radius 1 is 0.811 bits per heavy atom. The quantitative estimate of drug-likeness (QED) is 0.117. The molecule has 11 nitrogen and oxygen atoms in total. The fraction of sp³-hybridized carbons (Fsp3) is 0.744. The number of alkyl halides is 3. The highest BCUT2D eigenvalue weighted by Crippen LogP contribution is 2.40. The van der Waals surface area contributed by atoms with E-state index in [0.29, 0.717) is 12.8 Å². The lowest BCUT2D eigenvalue weighted by Crippen LogP contribution is -2.60. The summed E-state index contributed by atoms with van der Waals surface area (Å²) in [5, 5.41) is 10.5. The molecule has 53 heavy (non-hydrogen) atoms. The first kappa shape index (κ1) is 42.0. The van der Waals surface area contributed by atoms with E-state index in [1.54, 1.807) is 6.08 Å². The summed E-state index contributed by atoms with van der Waals surface area (Å²) < 4.78 is 39.9. The van der Waals surface area contributed by atoms with Crippen LogP contribution >= 0.6 is 0 Å². The van der Waals surface area contributed by atoms with E-state index in [1.165, 1.54) is 11.0 Å². The average Bonchev–Trinajstić information content (AvgIpc) is 3.89. The molecule has 4 rings (SSSR count). The molecule has 4 fully saturated rings. The molecule has 0 aromatic rings. The van der Waals surface area contributed by atoms with Gasteiger partial charge in [-0.2, -0.15) is 13.2 Å². The van der Waals surface area contributed by atoms with Crippen molar-refractivity contribution in [3.8, 4) is 0 Å². The van der Waals surface area contributed by atoms with Gasteiger partial charge >= 0.3 is 12.2 Å². The lowest BCUT2D eigenvalue weighted by atomic mass is 9.77. The van der Waals surface area contributed by atoms with Crippen LogP contribution in [0.5, 0.6) is 0 Å². The lowest BCUT2D eigenvalue weighted by molar-refractivity contribution is -0.147. The number of Topliss-reactive ketones (excluding diaryl/α,β-unsaturated/α-hetero) is 2. The molecule has 3 saturated carbocycles. The summed E-state index contributed by atoms with van der Waals surface area (Å²) in [6, 6.07) is -5.30. The van der Waals surface area contributed by atoms with E-state index >= 15 is 0 Å². The van der Waals surface area contributed by atoms with Crippen molar-refractivity contribution in [1.82, 2.24) is 26.2 Å². The maximum atomic E-state index is 14.7. The molecule has 1 aliphatic heterocycles. The van der Waals surface area contributed by atoms with Gasteiger partial charge in [0.25, 0.3) is 5.91 Å². The molecule has 5 amide bonds. The molecule has 3 aliphatic carbocycles. The number of urea groups is 1. The molecule has 4 N–H and O–H groups in total. The van der Waals surface area contributed by atoms with Crippen LogP contribution in [0, 0.1) is 29.1 Å². The number of carbonyl (C=O) groups is 6. The molecule has 0 bridgehead atoms. The average molecular weight is 750 g/mol. The molecule has 0 aromatic carbocycles. The molecule has 5 atom stereocenters. The number of halogens is 3. The van der Waals surface area contributed by atoms with Gasteiger partial charge in [-0.3, -0.25) is 24.0 Å². The highest BCUT2D eigenvalue weighted by molar-refractivity contribution is 6.38. The van der Waals surface area contributed by atoms with E-state index in [0.717, 1.165) is 64.2 Å². The summed E-state index contributed by atoms with van der Waals surface area (Å²) in [5.41, 5.74) is -0.564. The van der Waals surface area contributed by atoms with Crippen LogP contribution in [0.1, 0.15) is 110 Å². The largest absolute Gasteiger partial charge is 0.389 e. The number of ketones is 2. The number of hydrogen-bond donors (Lipinski definition) is 4. The van der Waals surface area contributed by atoms with Crippen LogP contribution < -0.4 is 21.3 Å². The van der Waals surface area contributed by atoms with Crippen LogP contribution in [-0.2, 0) is 24.0 Å². The third kappa shape index (κ3) is 11.6. The van der Waals surface area contributed by atoms with E-state index in [9.17, 15) is 41.9 Å². The summed E-state index contributed by atoms with van der Waals surface area (Å²) in [5.74, 6) is -4.34. The van der Waals surface area contributed by atoms with Crippen molar-refractivity contribution in [3.05, 3.63) is 25.3 Å². The van der Waals surface area contributed by atoms with Gasteiger partial charge in [0, 0.05) is 25.4 Å². The maximum absolute atomic E-state index is 14.7. The molecule has 1 saturated heterocycles. The molecular weight excluding hydrogens is 691 g/mol. The second-order valence-corrected chi connectivity index (χ2v) is 16.1. The molecular formula is C39H58F3N5O6. The van der Waals surface area contributed by atoms with Gasteiger partial charge in [-0.25, -0.2) is 4.79 Å². The Labute approximate surface area is 311 Å². The zero-order chi connectivity index (χ0) is 38.9. The monoisotopic (exact) mass is 749 g/mol. The van der Waals surface area contributed by atoms with Crippen LogP contribution in [0.3, 0.4) is 0 Å². The third-order valence-corrected chi connectivity index (χ3v) is 11.8.